The van der Waals surface area contributed by atoms with Gasteiger partial charge in [0, 0.05) is 25.6 Å². The number of terminal acetylenes is 1. The Morgan fingerprint density at radius 3 is 2.47 bits per heavy atom. The van der Waals surface area contributed by atoms with Crippen LogP contribution in [0.15, 0.2) is 0 Å². The summed E-state index contributed by atoms with van der Waals surface area (Å²) in [4.78, 5) is 24.9. The molecule has 0 bridgehead atoms. The SMILES string of the molecule is C#CCC(C)NC(=O)N1CCC(CC)(C(=O)O)CC1. The monoisotopic (exact) mass is 266 g/mol. The Balaban J connectivity index is 2.52. The molecule has 1 rings (SSSR count). The molecule has 0 aliphatic carbocycles. The lowest BCUT2D eigenvalue weighted by atomic mass is 9.76. The normalized spacial score (nSPS) is 19.3. The molecule has 0 saturated carbocycles. The summed E-state index contributed by atoms with van der Waals surface area (Å²) in [5, 5.41) is 12.1. The average Bonchev–Trinajstić information content (AvgIpc) is 2.38. The van der Waals surface area contributed by atoms with Crippen molar-refractivity contribution >= 4 is 12.0 Å². The molecule has 1 fully saturated rings. The van der Waals surface area contributed by atoms with Gasteiger partial charge >= 0.3 is 12.0 Å². The van der Waals surface area contributed by atoms with E-state index in [1.807, 2.05) is 13.8 Å². The second-order valence-corrected chi connectivity index (χ2v) is 5.18. The molecule has 2 amide bonds. The fraction of sp³-hybridized carbons (Fsp3) is 0.714. The number of piperidine rings is 1. The van der Waals surface area contributed by atoms with Crippen molar-refractivity contribution < 1.29 is 14.7 Å². The van der Waals surface area contributed by atoms with Crippen molar-refractivity contribution in [3.8, 4) is 12.3 Å². The van der Waals surface area contributed by atoms with Crippen LogP contribution < -0.4 is 5.32 Å². The van der Waals surface area contributed by atoms with Crippen molar-refractivity contribution in [3.63, 3.8) is 0 Å². The number of hydrogen-bond donors (Lipinski definition) is 2. The lowest BCUT2D eigenvalue weighted by molar-refractivity contribution is -0.151. The van der Waals surface area contributed by atoms with E-state index in [1.165, 1.54) is 0 Å². The Morgan fingerprint density at radius 1 is 1.47 bits per heavy atom. The number of nitrogens with one attached hydrogen (secondary N) is 1. The molecular formula is C14H22N2O3. The van der Waals surface area contributed by atoms with Crippen LogP contribution in [-0.4, -0.2) is 41.1 Å². The number of nitrogens with zero attached hydrogens (tertiary/aromatic N) is 1. The number of urea groups is 1. The van der Waals surface area contributed by atoms with Crippen molar-refractivity contribution in [1.82, 2.24) is 10.2 Å². The molecular weight excluding hydrogens is 244 g/mol. The maximum atomic E-state index is 12.0. The zero-order valence-electron chi connectivity index (χ0n) is 11.6. The zero-order valence-corrected chi connectivity index (χ0v) is 11.6. The van der Waals surface area contributed by atoms with Crippen LogP contribution >= 0.6 is 0 Å². The van der Waals surface area contributed by atoms with Gasteiger partial charge in [0.2, 0.25) is 0 Å². The summed E-state index contributed by atoms with van der Waals surface area (Å²) in [6.07, 6.45) is 7.31. The van der Waals surface area contributed by atoms with Gasteiger partial charge in [-0.3, -0.25) is 4.79 Å². The molecule has 1 unspecified atom stereocenters. The Bertz CT molecular complexity index is 379. The fourth-order valence-electron chi connectivity index (χ4n) is 2.39. The number of carbonyl (C=O) groups excluding carboxylic acids is 1. The van der Waals surface area contributed by atoms with Crippen molar-refractivity contribution in [2.24, 2.45) is 5.41 Å². The van der Waals surface area contributed by atoms with Crippen molar-refractivity contribution in [3.05, 3.63) is 0 Å². The lowest BCUT2D eigenvalue weighted by Crippen LogP contribution is -2.51. The zero-order chi connectivity index (χ0) is 14.5. The minimum Gasteiger partial charge on any atom is -0.481 e. The summed E-state index contributed by atoms with van der Waals surface area (Å²) < 4.78 is 0. The Labute approximate surface area is 114 Å². The summed E-state index contributed by atoms with van der Waals surface area (Å²) in [7, 11) is 0. The van der Waals surface area contributed by atoms with Gasteiger partial charge in [0.15, 0.2) is 0 Å². The van der Waals surface area contributed by atoms with Crippen LogP contribution in [0.25, 0.3) is 0 Å². The van der Waals surface area contributed by atoms with Crippen molar-refractivity contribution in [2.45, 2.75) is 45.6 Å². The molecule has 1 aliphatic heterocycles. The Hall–Kier alpha value is -1.70. The van der Waals surface area contributed by atoms with E-state index >= 15 is 0 Å². The minimum absolute atomic E-state index is 0.0603. The van der Waals surface area contributed by atoms with E-state index < -0.39 is 11.4 Å². The minimum atomic E-state index is -0.754. The molecule has 1 heterocycles. The molecule has 1 atom stereocenters. The molecule has 1 aliphatic rings. The first-order chi connectivity index (χ1) is 8.95. The molecule has 19 heavy (non-hydrogen) atoms. The standard InChI is InChI=1S/C14H22N2O3/c1-4-6-11(3)15-13(19)16-9-7-14(5-2,8-10-16)12(17)18/h1,11H,5-10H2,2-3H3,(H,15,19)(H,17,18). The first-order valence-corrected chi connectivity index (χ1v) is 6.67. The van der Waals surface area contributed by atoms with E-state index in [9.17, 15) is 14.7 Å². The third-order valence-electron chi connectivity index (χ3n) is 3.93. The van der Waals surface area contributed by atoms with Gasteiger partial charge in [-0.2, -0.15) is 0 Å². The highest BCUT2D eigenvalue weighted by Gasteiger charge is 2.40. The molecule has 2 N–H and O–H groups in total. The molecule has 0 aromatic carbocycles. The van der Waals surface area contributed by atoms with Gasteiger partial charge in [0.25, 0.3) is 0 Å². The number of likely N-dealkylation sites (tertiary alicyclic amines) is 1. The first-order valence-electron chi connectivity index (χ1n) is 6.67. The molecule has 0 spiro atoms. The molecule has 5 heteroatoms. The second-order valence-electron chi connectivity index (χ2n) is 5.18. The van der Waals surface area contributed by atoms with Gasteiger partial charge in [-0.25, -0.2) is 4.79 Å². The number of carboxylic acids is 1. The molecule has 5 nitrogen and oxygen atoms in total. The van der Waals surface area contributed by atoms with E-state index in [0.717, 1.165) is 0 Å². The fourth-order valence-corrected chi connectivity index (χ4v) is 2.39. The van der Waals surface area contributed by atoms with Crippen LogP contribution in [0.4, 0.5) is 4.79 Å². The van der Waals surface area contributed by atoms with Gasteiger partial charge in [-0.15, -0.1) is 12.3 Å². The number of hydrogen-bond acceptors (Lipinski definition) is 2. The summed E-state index contributed by atoms with van der Waals surface area (Å²) in [6.45, 7) is 4.71. The van der Waals surface area contributed by atoms with Crippen molar-refractivity contribution in [1.29, 1.82) is 0 Å². The largest absolute Gasteiger partial charge is 0.481 e. The van der Waals surface area contributed by atoms with Crippen LogP contribution in [0.2, 0.25) is 0 Å². The van der Waals surface area contributed by atoms with Gasteiger partial charge < -0.3 is 15.3 Å². The third-order valence-corrected chi connectivity index (χ3v) is 3.93. The third kappa shape index (κ3) is 3.63. The number of amides is 2. The first kappa shape index (κ1) is 15.4. The maximum Gasteiger partial charge on any atom is 0.317 e. The van der Waals surface area contributed by atoms with Crippen LogP contribution in [0.5, 0.6) is 0 Å². The molecule has 0 aromatic heterocycles. The predicted octanol–water partition coefficient (Wildman–Crippen LogP) is 1.68. The molecule has 0 aromatic rings. The quantitative estimate of drug-likeness (QED) is 0.761. The maximum absolute atomic E-state index is 12.0. The van der Waals surface area contributed by atoms with E-state index in [2.05, 4.69) is 11.2 Å². The van der Waals surface area contributed by atoms with Crippen LogP contribution in [0.3, 0.4) is 0 Å². The van der Waals surface area contributed by atoms with Crippen LogP contribution in [0.1, 0.15) is 39.5 Å². The molecule has 0 radical (unpaired) electrons. The van der Waals surface area contributed by atoms with Gasteiger partial charge in [0.05, 0.1) is 5.41 Å². The molecule has 106 valence electrons. The van der Waals surface area contributed by atoms with E-state index in [0.29, 0.717) is 38.8 Å². The summed E-state index contributed by atoms with van der Waals surface area (Å²) in [5.41, 5.74) is -0.665. The van der Waals surface area contributed by atoms with Crippen molar-refractivity contribution in [2.75, 3.05) is 13.1 Å². The van der Waals surface area contributed by atoms with E-state index in [-0.39, 0.29) is 12.1 Å². The topological polar surface area (TPSA) is 69.6 Å². The number of carbonyl (C=O) groups is 2. The Kier molecular flexibility index (Phi) is 5.22. The van der Waals surface area contributed by atoms with Crippen LogP contribution in [0, 0.1) is 17.8 Å². The number of carboxylic acid groups (broad SMARTS) is 1. The average molecular weight is 266 g/mol. The number of rotatable bonds is 4. The smallest absolute Gasteiger partial charge is 0.317 e. The van der Waals surface area contributed by atoms with Gasteiger partial charge in [-0.1, -0.05) is 6.92 Å². The highest BCUT2D eigenvalue weighted by atomic mass is 16.4. The lowest BCUT2D eigenvalue weighted by Gasteiger charge is -2.38. The predicted molar refractivity (Wildman–Crippen MR) is 72.6 cm³/mol. The highest BCUT2D eigenvalue weighted by Crippen LogP contribution is 2.35. The van der Waals surface area contributed by atoms with Gasteiger partial charge in [-0.05, 0) is 26.2 Å². The highest BCUT2D eigenvalue weighted by molar-refractivity contribution is 5.77. The van der Waals surface area contributed by atoms with Crippen LogP contribution in [-0.2, 0) is 4.79 Å². The summed E-state index contributed by atoms with van der Waals surface area (Å²) in [6, 6.07) is -0.215. The van der Waals surface area contributed by atoms with E-state index in [1.54, 1.807) is 4.90 Å². The Morgan fingerprint density at radius 2 is 2.05 bits per heavy atom. The van der Waals surface area contributed by atoms with Gasteiger partial charge in [0.1, 0.15) is 0 Å². The second kappa shape index (κ2) is 6.46. The number of aliphatic carboxylic acids is 1. The molecule has 1 saturated heterocycles. The summed E-state index contributed by atoms with van der Waals surface area (Å²) >= 11 is 0. The van der Waals surface area contributed by atoms with E-state index in [4.69, 9.17) is 6.42 Å². The summed E-state index contributed by atoms with van der Waals surface area (Å²) in [5.74, 6) is 1.75.